The lowest BCUT2D eigenvalue weighted by Crippen LogP contribution is -2.37. The Kier molecular flexibility index (Phi) is 6.49. The number of ether oxygens (including phenoxy) is 1. The Morgan fingerprint density at radius 1 is 1.30 bits per heavy atom. The number of aliphatic hydroxyl groups is 1. The normalized spacial score (nSPS) is 19.1. The molecule has 1 N–H and O–H groups in total. The number of rotatable bonds is 6. The van der Waals surface area contributed by atoms with E-state index in [2.05, 4.69) is 27.8 Å². The van der Waals surface area contributed by atoms with Crippen LogP contribution in [0.5, 0.6) is 0 Å². The van der Waals surface area contributed by atoms with E-state index < -0.39 is 0 Å². The van der Waals surface area contributed by atoms with Crippen molar-refractivity contribution in [2.24, 2.45) is 0 Å². The summed E-state index contributed by atoms with van der Waals surface area (Å²) in [6, 6.07) is 7.92. The van der Waals surface area contributed by atoms with Gasteiger partial charge in [-0.15, -0.1) is 0 Å². The molecule has 4 heteroatoms. The van der Waals surface area contributed by atoms with Crippen LogP contribution in [-0.4, -0.2) is 42.4 Å². The summed E-state index contributed by atoms with van der Waals surface area (Å²) in [4.78, 5) is 2.43. The highest BCUT2D eigenvalue weighted by atomic mass is 79.9. The molecular weight excluding hydrogens is 318 g/mol. The number of hydrogen-bond acceptors (Lipinski definition) is 3. The molecule has 1 aliphatic heterocycles. The van der Waals surface area contributed by atoms with Crippen LogP contribution in [0.4, 0.5) is 0 Å². The van der Waals surface area contributed by atoms with E-state index in [4.69, 9.17) is 4.74 Å². The van der Waals surface area contributed by atoms with E-state index in [0.717, 1.165) is 55.5 Å². The van der Waals surface area contributed by atoms with Crippen molar-refractivity contribution in [3.8, 4) is 0 Å². The molecule has 0 aromatic heterocycles. The van der Waals surface area contributed by atoms with Gasteiger partial charge in [-0.05, 0) is 43.9 Å². The van der Waals surface area contributed by atoms with Crippen LogP contribution in [0, 0.1) is 0 Å². The molecule has 1 aliphatic rings. The summed E-state index contributed by atoms with van der Waals surface area (Å²) >= 11 is 3.41. The van der Waals surface area contributed by atoms with E-state index in [1.807, 2.05) is 24.3 Å². The van der Waals surface area contributed by atoms with E-state index in [-0.39, 0.29) is 6.10 Å². The minimum atomic E-state index is -0.368. The molecule has 1 fully saturated rings. The van der Waals surface area contributed by atoms with Gasteiger partial charge in [0.1, 0.15) is 0 Å². The molecule has 0 radical (unpaired) electrons. The number of hydrogen-bond donors (Lipinski definition) is 1. The quantitative estimate of drug-likeness (QED) is 0.860. The van der Waals surface area contributed by atoms with Crippen molar-refractivity contribution in [3.05, 3.63) is 34.3 Å². The van der Waals surface area contributed by atoms with Crippen molar-refractivity contribution in [1.82, 2.24) is 4.90 Å². The maximum Gasteiger partial charge on any atom is 0.0802 e. The summed E-state index contributed by atoms with van der Waals surface area (Å²) in [5.74, 6) is 0. The maximum absolute atomic E-state index is 10.2. The monoisotopic (exact) mass is 341 g/mol. The first-order valence-electron chi connectivity index (χ1n) is 7.46. The molecule has 1 aromatic carbocycles. The van der Waals surface area contributed by atoms with Gasteiger partial charge in [0.15, 0.2) is 0 Å². The average molecular weight is 342 g/mol. The number of aliphatic hydroxyl groups excluding tert-OH is 1. The molecule has 0 bridgehead atoms. The standard InChI is InChI=1S/C16H24BrNO2/c1-2-20-15-7-10-18(11-8-15)12-9-16(19)13-3-5-14(17)6-4-13/h3-6,15-16,19H,2,7-12H2,1H3. The second-order valence-electron chi connectivity index (χ2n) is 5.35. The van der Waals surface area contributed by atoms with Crippen LogP contribution in [-0.2, 0) is 4.74 Å². The van der Waals surface area contributed by atoms with Crippen LogP contribution in [0.15, 0.2) is 28.7 Å². The fourth-order valence-electron chi connectivity index (χ4n) is 2.69. The van der Waals surface area contributed by atoms with E-state index in [1.165, 1.54) is 0 Å². The Morgan fingerprint density at radius 3 is 2.55 bits per heavy atom. The number of halogens is 1. The van der Waals surface area contributed by atoms with E-state index in [9.17, 15) is 5.11 Å². The summed E-state index contributed by atoms with van der Waals surface area (Å²) in [7, 11) is 0. The smallest absolute Gasteiger partial charge is 0.0802 e. The van der Waals surface area contributed by atoms with Crippen molar-refractivity contribution in [1.29, 1.82) is 0 Å². The molecular formula is C16H24BrNO2. The van der Waals surface area contributed by atoms with Gasteiger partial charge in [-0.25, -0.2) is 0 Å². The first-order valence-corrected chi connectivity index (χ1v) is 8.26. The zero-order valence-electron chi connectivity index (χ0n) is 12.1. The number of nitrogens with zero attached hydrogens (tertiary/aromatic N) is 1. The largest absolute Gasteiger partial charge is 0.388 e. The molecule has 20 heavy (non-hydrogen) atoms. The minimum absolute atomic E-state index is 0.368. The third-order valence-electron chi connectivity index (χ3n) is 3.91. The van der Waals surface area contributed by atoms with Gasteiger partial charge >= 0.3 is 0 Å². The van der Waals surface area contributed by atoms with Crippen LogP contribution in [0.2, 0.25) is 0 Å². The number of piperidine rings is 1. The lowest BCUT2D eigenvalue weighted by atomic mass is 10.0. The highest BCUT2D eigenvalue weighted by Gasteiger charge is 2.19. The maximum atomic E-state index is 10.2. The van der Waals surface area contributed by atoms with Gasteiger partial charge in [0.2, 0.25) is 0 Å². The van der Waals surface area contributed by atoms with Crippen molar-refractivity contribution in [3.63, 3.8) is 0 Å². The summed E-state index contributed by atoms with van der Waals surface area (Å²) in [5, 5.41) is 10.2. The second-order valence-corrected chi connectivity index (χ2v) is 6.27. The first kappa shape index (κ1) is 16.0. The Hall–Kier alpha value is -0.420. The average Bonchev–Trinajstić information content (AvgIpc) is 2.47. The van der Waals surface area contributed by atoms with Crippen molar-refractivity contribution in [2.45, 2.75) is 38.4 Å². The molecule has 1 aromatic rings. The van der Waals surface area contributed by atoms with Gasteiger partial charge in [-0.3, -0.25) is 0 Å². The van der Waals surface area contributed by atoms with Gasteiger partial charge in [0.05, 0.1) is 12.2 Å². The SMILES string of the molecule is CCOC1CCN(CCC(O)c2ccc(Br)cc2)CC1. The zero-order chi connectivity index (χ0) is 14.4. The summed E-state index contributed by atoms with van der Waals surface area (Å²) in [6.45, 7) is 5.99. The number of benzene rings is 1. The first-order chi connectivity index (χ1) is 9.69. The van der Waals surface area contributed by atoms with Gasteiger partial charge in [0.25, 0.3) is 0 Å². The summed E-state index contributed by atoms with van der Waals surface area (Å²) < 4.78 is 6.70. The topological polar surface area (TPSA) is 32.7 Å². The molecule has 2 rings (SSSR count). The second kappa shape index (κ2) is 8.13. The highest BCUT2D eigenvalue weighted by Crippen LogP contribution is 2.21. The van der Waals surface area contributed by atoms with E-state index in [1.54, 1.807) is 0 Å². The van der Waals surface area contributed by atoms with Gasteiger partial charge in [0, 0.05) is 30.7 Å². The van der Waals surface area contributed by atoms with Gasteiger partial charge in [-0.2, -0.15) is 0 Å². The fraction of sp³-hybridized carbons (Fsp3) is 0.625. The molecule has 1 saturated heterocycles. The Bertz CT molecular complexity index is 388. The van der Waals surface area contributed by atoms with Crippen molar-refractivity contribution < 1.29 is 9.84 Å². The van der Waals surface area contributed by atoms with Crippen molar-refractivity contribution in [2.75, 3.05) is 26.2 Å². The molecule has 0 saturated carbocycles. The molecule has 0 amide bonds. The lowest BCUT2D eigenvalue weighted by molar-refractivity contribution is 0.0112. The Morgan fingerprint density at radius 2 is 1.95 bits per heavy atom. The molecule has 3 nitrogen and oxygen atoms in total. The highest BCUT2D eigenvalue weighted by molar-refractivity contribution is 9.10. The zero-order valence-corrected chi connectivity index (χ0v) is 13.7. The fourth-order valence-corrected chi connectivity index (χ4v) is 2.96. The predicted molar refractivity (Wildman–Crippen MR) is 84.8 cm³/mol. The van der Waals surface area contributed by atoms with Crippen LogP contribution >= 0.6 is 15.9 Å². The summed E-state index contributed by atoms with van der Waals surface area (Å²) in [6.07, 6.45) is 3.09. The molecule has 1 atom stereocenters. The van der Waals surface area contributed by atoms with Crippen LogP contribution in [0.1, 0.15) is 37.9 Å². The molecule has 0 spiro atoms. The van der Waals surface area contributed by atoms with Crippen LogP contribution in [0.25, 0.3) is 0 Å². The van der Waals surface area contributed by atoms with Gasteiger partial charge < -0.3 is 14.7 Å². The molecule has 112 valence electrons. The van der Waals surface area contributed by atoms with E-state index in [0.29, 0.717) is 6.10 Å². The third kappa shape index (κ3) is 4.85. The van der Waals surface area contributed by atoms with Crippen LogP contribution < -0.4 is 0 Å². The lowest BCUT2D eigenvalue weighted by Gasteiger charge is -2.32. The van der Waals surface area contributed by atoms with E-state index >= 15 is 0 Å². The molecule has 1 heterocycles. The van der Waals surface area contributed by atoms with Gasteiger partial charge in [-0.1, -0.05) is 28.1 Å². The Balaban J connectivity index is 1.71. The molecule has 0 aliphatic carbocycles. The van der Waals surface area contributed by atoms with Crippen LogP contribution in [0.3, 0.4) is 0 Å². The predicted octanol–water partition coefficient (Wildman–Crippen LogP) is 3.37. The van der Waals surface area contributed by atoms with Crippen molar-refractivity contribution >= 4 is 15.9 Å². The Labute approximate surface area is 130 Å². The third-order valence-corrected chi connectivity index (χ3v) is 4.44. The number of likely N-dealkylation sites (tertiary alicyclic amines) is 1. The minimum Gasteiger partial charge on any atom is -0.388 e. The molecule has 1 unspecified atom stereocenters. The summed E-state index contributed by atoms with van der Waals surface area (Å²) in [5.41, 5.74) is 0.998.